The molecule has 7 heteroatoms. The number of nitrogens with zero attached hydrogens (tertiary/aromatic N) is 2. The van der Waals surface area contributed by atoms with Gasteiger partial charge < -0.3 is 14.0 Å². The highest BCUT2D eigenvalue weighted by Gasteiger charge is 2.32. The Labute approximate surface area is 132 Å². The monoisotopic (exact) mass is 328 g/mol. The highest BCUT2D eigenvalue weighted by Crippen LogP contribution is 2.34. The van der Waals surface area contributed by atoms with Crippen LogP contribution in [0.25, 0.3) is 11.0 Å². The second-order valence-corrected chi connectivity index (χ2v) is 5.52. The van der Waals surface area contributed by atoms with Crippen molar-refractivity contribution >= 4 is 11.0 Å². The van der Waals surface area contributed by atoms with Gasteiger partial charge in [-0.3, -0.25) is 0 Å². The van der Waals surface area contributed by atoms with Crippen LogP contribution in [0.4, 0.5) is 13.2 Å². The number of rotatable bonds is 5. The van der Waals surface area contributed by atoms with Crippen LogP contribution in [0.1, 0.15) is 37.3 Å². The third-order valence-electron chi connectivity index (χ3n) is 3.99. The summed E-state index contributed by atoms with van der Waals surface area (Å²) in [6.07, 6.45) is -2.75. The Morgan fingerprint density at radius 2 is 2.22 bits per heavy atom. The molecule has 1 unspecified atom stereocenters. The number of hydrogen-bond acceptors (Lipinski definition) is 3. The molecule has 0 radical (unpaired) electrons. The van der Waals surface area contributed by atoms with Crippen molar-refractivity contribution in [2.45, 2.75) is 38.6 Å². The Hall–Kier alpha value is -1.60. The number of imidazole rings is 1. The summed E-state index contributed by atoms with van der Waals surface area (Å²) in [5, 5.41) is 0. The van der Waals surface area contributed by atoms with E-state index in [1.807, 2.05) is 11.5 Å². The van der Waals surface area contributed by atoms with Gasteiger partial charge in [0.1, 0.15) is 11.9 Å². The molecule has 1 atom stereocenters. The number of benzene rings is 1. The summed E-state index contributed by atoms with van der Waals surface area (Å²) in [6, 6.07) is 3.68. The minimum Gasteiger partial charge on any atom is -0.380 e. The van der Waals surface area contributed by atoms with Crippen LogP contribution < -0.4 is 0 Å². The largest absolute Gasteiger partial charge is 0.416 e. The zero-order chi connectivity index (χ0) is 16.4. The van der Waals surface area contributed by atoms with Crippen LogP contribution in [0, 0.1) is 0 Å². The Bertz CT molecular complexity index is 676. The Morgan fingerprint density at radius 3 is 2.87 bits per heavy atom. The molecule has 1 aromatic carbocycles. The first-order valence-electron chi connectivity index (χ1n) is 7.77. The van der Waals surface area contributed by atoms with Gasteiger partial charge in [-0.1, -0.05) is 0 Å². The van der Waals surface area contributed by atoms with Crippen LogP contribution in [-0.4, -0.2) is 29.4 Å². The predicted octanol–water partition coefficient (Wildman–Crippen LogP) is 3.94. The molecular formula is C16H19F3N2O2. The molecule has 4 nitrogen and oxygen atoms in total. The van der Waals surface area contributed by atoms with E-state index in [2.05, 4.69) is 4.98 Å². The van der Waals surface area contributed by atoms with E-state index in [0.29, 0.717) is 43.2 Å². The van der Waals surface area contributed by atoms with Gasteiger partial charge in [0.15, 0.2) is 0 Å². The Kier molecular flexibility index (Phi) is 4.59. The van der Waals surface area contributed by atoms with Gasteiger partial charge >= 0.3 is 6.18 Å². The van der Waals surface area contributed by atoms with Crippen molar-refractivity contribution in [2.75, 3.05) is 19.8 Å². The first-order chi connectivity index (χ1) is 11.0. The molecule has 23 heavy (non-hydrogen) atoms. The number of fused-ring (bicyclic) bond motifs is 1. The number of halogens is 3. The highest BCUT2D eigenvalue weighted by atomic mass is 19.4. The van der Waals surface area contributed by atoms with Gasteiger partial charge in [-0.25, -0.2) is 4.98 Å². The third-order valence-corrected chi connectivity index (χ3v) is 3.99. The van der Waals surface area contributed by atoms with Gasteiger partial charge in [0.05, 0.1) is 23.2 Å². The second kappa shape index (κ2) is 6.49. The van der Waals surface area contributed by atoms with Crippen molar-refractivity contribution in [3.8, 4) is 0 Å². The molecule has 1 aromatic heterocycles. The molecule has 0 amide bonds. The van der Waals surface area contributed by atoms with Crippen molar-refractivity contribution in [1.82, 2.24) is 9.55 Å². The normalized spacial score (nSPS) is 18.9. The minimum absolute atomic E-state index is 0.154. The van der Waals surface area contributed by atoms with E-state index in [0.717, 1.165) is 25.0 Å². The van der Waals surface area contributed by atoms with E-state index in [9.17, 15) is 13.2 Å². The quantitative estimate of drug-likeness (QED) is 0.780. The average Bonchev–Trinajstić information content (AvgIpc) is 3.13. The summed E-state index contributed by atoms with van der Waals surface area (Å²) in [5.74, 6) is 0.691. The fraction of sp³-hybridized carbons (Fsp3) is 0.562. The standard InChI is InChI=1S/C16H19F3N2O2/c1-2-22-9-7-21-13-6-5-11(16(17,18)19)10-12(13)20-15(21)14-4-3-8-23-14/h5-6,10,14H,2-4,7-9H2,1H3. The maximum Gasteiger partial charge on any atom is 0.416 e. The van der Waals surface area contributed by atoms with Gasteiger partial charge in [0.2, 0.25) is 0 Å². The van der Waals surface area contributed by atoms with Crippen molar-refractivity contribution in [2.24, 2.45) is 0 Å². The zero-order valence-corrected chi connectivity index (χ0v) is 12.9. The number of ether oxygens (including phenoxy) is 2. The summed E-state index contributed by atoms with van der Waals surface area (Å²) in [6.45, 7) is 4.20. The molecule has 0 bridgehead atoms. The van der Waals surface area contributed by atoms with Gasteiger partial charge in [0.25, 0.3) is 0 Å². The predicted molar refractivity (Wildman–Crippen MR) is 79.2 cm³/mol. The summed E-state index contributed by atoms with van der Waals surface area (Å²) < 4.78 is 51.6. The van der Waals surface area contributed by atoms with Crippen molar-refractivity contribution in [3.05, 3.63) is 29.6 Å². The van der Waals surface area contributed by atoms with E-state index >= 15 is 0 Å². The Balaban J connectivity index is 2.02. The van der Waals surface area contributed by atoms with Gasteiger partial charge in [-0.15, -0.1) is 0 Å². The molecule has 126 valence electrons. The maximum absolute atomic E-state index is 12.9. The maximum atomic E-state index is 12.9. The van der Waals surface area contributed by atoms with Crippen molar-refractivity contribution in [3.63, 3.8) is 0 Å². The molecule has 1 aliphatic rings. The van der Waals surface area contributed by atoms with Crippen LogP contribution in [0.3, 0.4) is 0 Å². The summed E-state index contributed by atoms with van der Waals surface area (Å²) >= 11 is 0. The SMILES string of the molecule is CCOCCn1c(C2CCCO2)nc2cc(C(F)(F)F)ccc21. The fourth-order valence-electron chi connectivity index (χ4n) is 2.89. The smallest absolute Gasteiger partial charge is 0.380 e. The van der Waals surface area contributed by atoms with Crippen LogP contribution in [0.5, 0.6) is 0 Å². The molecule has 0 N–H and O–H groups in total. The number of hydrogen-bond donors (Lipinski definition) is 0. The topological polar surface area (TPSA) is 36.3 Å². The first kappa shape index (κ1) is 16.3. The van der Waals surface area contributed by atoms with Crippen LogP contribution in [0.15, 0.2) is 18.2 Å². The zero-order valence-electron chi connectivity index (χ0n) is 12.9. The molecule has 2 heterocycles. The average molecular weight is 328 g/mol. The molecule has 1 aliphatic heterocycles. The molecule has 3 rings (SSSR count). The lowest BCUT2D eigenvalue weighted by Gasteiger charge is -2.13. The Morgan fingerprint density at radius 1 is 1.39 bits per heavy atom. The molecule has 1 fully saturated rings. The molecule has 2 aromatic rings. The van der Waals surface area contributed by atoms with E-state index in [1.165, 1.54) is 6.07 Å². The lowest BCUT2D eigenvalue weighted by Crippen LogP contribution is -2.12. The van der Waals surface area contributed by atoms with Crippen molar-refractivity contribution < 1.29 is 22.6 Å². The lowest BCUT2D eigenvalue weighted by atomic mass is 10.2. The first-order valence-corrected chi connectivity index (χ1v) is 7.77. The second-order valence-electron chi connectivity index (χ2n) is 5.52. The van der Waals surface area contributed by atoms with Crippen LogP contribution in [-0.2, 0) is 22.2 Å². The lowest BCUT2D eigenvalue weighted by molar-refractivity contribution is -0.137. The van der Waals surface area contributed by atoms with Crippen molar-refractivity contribution in [1.29, 1.82) is 0 Å². The minimum atomic E-state index is -4.37. The molecule has 0 saturated carbocycles. The summed E-state index contributed by atoms with van der Waals surface area (Å²) in [4.78, 5) is 4.43. The molecule has 0 spiro atoms. The van der Waals surface area contributed by atoms with Crippen LogP contribution >= 0.6 is 0 Å². The van der Waals surface area contributed by atoms with E-state index in [1.54, 1.807) is 0 Å². The number of alkyl halides is 3. The molecular weight excluding hydrogens is 309 g/mol. The number of aromatic nitrogens is 2. The van der Waals surface area contributed by atoms with Gasteiger partial charge in [-0.2, -0.15) is 13.2 Å². The van der Waals surface area contributed by atoms with E-state index < -0.39 is 11.7 Å². The third kappa shape index (κ3) is 3.35. The molecule has 0 aliphatic carbocycles. The van der Waals surface area contributed by atoms with E-state index in [-0.39, 0.29) is 6.10 Å². The molecule has 1 saturated heterocycles. The van der Waals surface area contributed by atoms with Gasteiger partial charge in [-0.05, 0) is 38.0 Å². The summed E-state index contributed by atoms with van der Waals surface area (Å²) in [7, 11) is 0. The van der Waals surface area contributed by atoms with Gasteiger partial charge in [0, 0.05) is 19.8 Å². The van der Waals surface area contributed by atoms with Crippen LogP contribution in [0.2, 0.25) is 0 Å². The fourth-order valence-corrected chi connectivity index (χ4v) is 2.89. The highest BCUT2D eigenvalue weighted by molar-refractivity contribution is 5.77. The summed E-state index contributed by atoms with van der Waals surface area (Å²) in [5.41, 5.74) is 0.350. The van der Waals surface area contributed by atoms with E-state index in [4.69, 9.17) is 9.47 Å².